The van der Waals surface area contributed by atoms with Crippen molar-refractivity contribution in [3.63, 3.8) is 0 Å². The van der Waals surface area contributed by atoms with Crippen LogP contribution in [0.2, 0.25) is 0 Å². The van der Waals surface area contributed by atoms with Crippen molar-refractivity contribution in [1.82, 2.24) is 0 Å². The molecule has 3 aliphatic carbocycles. The van der Waals surface area contributed by atoms with Crippen molar-refractivity contribution >= 4 is 39.7 Å². The minimum Gasteiger partial charge on any atom is -0.498 e. The molecule has 0 radical (unpaired) electrons. The summed E-state index contributed by atoms with van der Waals surface area (Å²) >= 11 is 4.19. The maximum atomic E-state index is 13.7. The van der Waals surface area contributed by atoms with Crippen molar-refractivity contribution in [2.24, 2.45) is 5.92 Å². The number of halogens is 1. The summed E-state index contributed by atoms with van der Waals surface area (Å²) in [5, 5.41) is 3.16. The number of unbranched alkanes of at least 4 members (excludes halogenated alkanes) is 2. The smallest absolute Gasteiger partial charge is 0.255 e. The highest BCUT2D eigenvalue weighted by atomic mass is 79.9. The first-order valence-electron chi connectivity index (χ1n) is 27.5. The summed E-state index contributed by atoms with van der Waals surface area (Å²) in [6, 6.07) is 43.9. The molecule has 0 saturated heterocycles. The van der Waals surface area contributed by atoms with Crippen LogP contribution in [0.4, 0.5) is 5.69 Å². The summed E-state index contributed by atoms with van der Waals surface area (Å²) in [6.45, 7) is 9.13. The first-order valence-corrected chi connectivity index (χ1v) is 28.3. The summed E-state index contributed by atoms with van der Waals surface area (Å²) in [5.74, 6) is 4.51. The van der Waals surface area contributed by atoms with E-state index >= 15 is 0 Å². The van der Waals surface area contributed by atoms with Crippen LogP contribution in [0.3, 0.4) is 0 Å². The number of fused-ring (bicyclic) bond motifs is 8. The molecular weight excluding hydrogens is 1020 g/mol. The van der Waals surface area contributed by atoms with Crippen molar-refractivity contribution in [3.8, 4) is 50.6 Å². The molecule has 7 aromatic carbocycles. The first-order chi connectivity index (χ1) is 37.4. The molecule has 0 bridgehead atoms. The lowest BCUT2D eigenvalue weighted by Gasteiger charge is -2.40. The summed E-state index contributed by atoms with van der Waals surface area (Å²) in [6.07, 6.45) is 17.6. The molecule has 1 N–H and O–H groups in total. The Morgan fingerprint density at radius 1 is 0.701 bits per heavy atom. The minimum atomic E-state index is -0.984. The fourth-order valence-corrected chi connectivity index (χ4v) is 13.9. The molecule has 4 aliphatic rings. The van der Waals surface area contributed by atoms with E-state index in [0.717, 1.165) is 89.2 Å². The maximum Gasteiger partial charge on any atom is 0.255 e. The Morgan fingerprint density at radius 2 is 1.31 bits per heavy atom. The van der Waals surface area contributed by atoms with Gasteiger partial charge in [-0.1, -0.05) is 141 Å². The van der Waals surface area contributed by atoms with Crippen molar-refractivity contribution in [2.75, 3.05) is 33.8 Å². The largest absolute Gasteiger partial charge is 0.498 e. The third-order valence-corrected chi connectivity index (χ3v) is 18.3. The highest BCUT2D eigenvalue weighted by molar-refractivity contribution is 9.10. The van der Waals surface area contributed by atoms with Gasteiger partial charge in [0.2, 0.25) is 0 Å². The van der Waals surface area contributed by atoms with E-state index in [2.05, 4.69) is 146 Å². The third kappa shape index (κ3) is 9.50. The molecule has 1 atom stereocenters. The van der Waals surface area contributed by atoms with Gasteiger partial charge in [0.1, 0.15) is 29.1 Å². The van der Waals surface area contributed by atoms with Crippen LogP contribution in [0.25, 0.3) is 45.5 Å². The van der Waals surface area contributed by atoms with Crippen LogP contribution < -0.4 is 19.5 Å². The van der Waals surface area contributed by atoms with Gasteiger partial charge in [-0.3, -0.25) is 4.79 Å². The Hall–Kier alpha value is -6.87. The number of anilines is 1. The number of carbonyl (C=O) groups excluding carboxylic acids is 1. The van der Waals surface area contributed by atoms with E-state index in [1.54, 1.807) is 28.4 Å². The van der Waals surface area contributed by atoms with Gasteiger partial charge in [-0.15, -0.1) is 0 Å². The van der Waals surface area contributed by atoms with Crippen LogP contribution in [-0.2, 0) is 26.9 Å². The molecule has 1 saturated carbocycles. The lowest BCUT2D eigenvalue weighted by atomic mass is 9.75. The quantitative estimate of drug-likeness (QED) is 0.103. The molecule has 7 aromatic rings. The number of nitrogens with one attached hydrogen (secondary N) is 1. The van der Waals surface area contributed by atoms with Crippen LogP contribution >= 0.6 is 15.9 Å². The van der Waals surface area contributed by atoms with Gasteiger partial charge in [0.15, 0.2) is 5.60 Å². The summed E-state index contributed by atoms with van der Waals surface area (Å²) in [4.78, 5) is 13.7. The fraction of sp³-hybridized carbons (Fsp3) is 0.319. The van der Waals surface area contributed by atoms with Crippen molar-refractivity contribution in [2.45, 2.75) is 109 Å². The average molecular weight is 1090 g/mol. The molecule has 7 nitrogen and oxygen atoms in total. The second kappa shape index (κ2) is 21.5. The number of rotatable bonds is 15. The van der Waals surface area contributed by atoms with Gasteiger partial charge in [0.05, 0.1) is 21.3 Å². The number of hydrogen-bond donors (Lipinski definition) is 1. The Morgan fingerprint density at radius 3 is 1.90 bits per heavy atom. The SMILES string of the molecule is CCCCCC1CCC(c2ccc(-c3ccc(C(=O)Nc4ccc(-c5cc6c(c(Br)c5C)C(C)(C)c5c7c(c8c(c5-6)CC(OC)C(OC)=C8)OC(c5ccc(OC)cc5)(c5ccc(OC)cc5)C=C7)cc4)cc3)cc2)CC1. The van der Waals surface area contributed by atoms with Crippen molar-refractivity contribution in [1.29, 1.82) is 0 Å². The van der Waals surface area contributed by atoms with Crippen molar-refractivity contribution in [3.05, 3.63) is 199 Å². The summed E-state index contributed by atoms with van der Waals surface area (Å²) in [5.41, 5.74) is 16.9. The zero-order valence-electron chi connectivity index (χ0n) is 45.8. The van der Waals surface area contributed by atoms with Gasteiger partial charge < -0.3 is 29.0 Å². The Labute approximate surface area is 463 Å². The molecule has 8 heteroatoms. The lowest BCUT2D eigenvalue weighted by molar-refractivity contribution is 0.0791. The number of benzene rings is 7. The normalized spacial score (nSPS) is 18.5. The molecule has 11 rings (SSSR count). The van der Waals surface area contributed by atoms with Gasteiger partial charge in [-0.2, -0.15) is 0 Å². The van der Waals surface area contributed by atoms with Gasteiger partial charge in [-0.05, 0) is 172 Å². The molecule has 1 amide bonds. The molecule has 394 valence electrons. The molecule has 1 unspecified atom stereocenters. The zero-order valence-corrected chi connectivity index (χ0v) is 47.4. The molecule has 0 aromatic heterocycles. The molecule has 1 aliphatic heterocycles. The first kappa shape index (κ1) is 52.2. The number of hydrogen-bond acceptors (Lipinski definition) is 6. The number of amides is 1. The second-order valence-corrected chi connectivity index (χ2v) is 22.8. The van der Waals surface area contributed by atoms with E-state index in [1.807, 2.05) is 48.5 Å². The Kier molecular flexibility index (Phi) is 14.6. The average Bonchev–Trinajstić information content (AvgIpc) is 3.98. The summed E-state index contributed by atoms with van der Waals surface area (Å²) in [7, 11) is 6.82. The van der Waals surface area contributed by atoms with Crippen molar-refractivity contribution < 1.29 is 28.5 Å². The van der Waals surface area contributed by atoms with Crippen LogP contribution in [0.15, 0.2) is 144 Å². The lowest BCUT2D eigenvalue weighted by Crippen LogP contribution is -2.36. The van der Waals surface area contributed by atoms with Crippen LogP contribution in [0.1, 0.15) is 138 Å². The molecule has 1 heterocycles. The predicted octanol–water partition coefficient (Wildman–Crippen LogP) is 17.4. The Balaban J connectivity index is 0.886. The van der Waals surface area contributed by atoms with Gasteiger partial charge in [0.25, 0.3) is 5.91 Å². The summed E-state index contributed by atoms with van der Waals surface area (Å²) < 4.78 is 32.1. The number of methoxy groups -OCH3 is 4. The fourth-order valence-electron chi connectivity index (χ4n) is 13.0. The van der Waals surface area contributed by atoms with E-state index in [-0.39, 0.29) is 12.0 Å². The van der Waals surface area contributed by atoms with E-state index in [1.165, 1.54) is 84.7 Å². The molecule has 1 fully saturated rings. The van der Waals surface area contributed by atoms with Gasteiger partial charge in [-0.25, -0.2) is 0 Å². The minimum absolute atomic E-state index is 0.142. The maximum absolute atomic E-state index is 13.7. The topological polar surface area (TPSA) is 75.3 Å². The Bertz CT molecular complexity index is 3340. The second-order valence-electron chi connectivity index (χ2n) is 22.0. The highest BCUT2D eigenvalue weighted by Crippen LogP contribution is 2.61. The molecular formula is C69H70BrNO6. The standard InChI is InChI=1S/C69H70BrNO6/c1-9-10-11-12-43-13-15-44(16-14-43)45-17-19-46(20-18-45)47-21-23-49(24-22-47)67(72)71-52-31-25-48(26-32-52)56-39-59-62-57-40-60(75-7)61(76-8)41-58(57)66-55(63(62)68(3,4)64(59)65(70)42(56)2)37-38-69(77-66,50-27-33-53(73-5)34-28-50)51-29-35-54(74-6)36-30-51/h17-39,41,43-44,60H,9-16,40H2,1-8H3,(H,71,72). The predicted molar refractivity (Wildman–Crippen MR) is 316 cm³/mol. The van der Waals surface area contributed by atoms with E-state index in [0.29, 0.717) is 17.9 Å². The third-order valence-electron chi connectivity index (χ3n) is 17.3. The number of carbonyl (C=O) groups is 1. The zero-order chi connectivity index (χ0) is 53.6. The van der Waals surface area contributed by atoms with Crippen LogP contribution in [-0.4, -0.2) is 40.5 Å². The van der Waals surface area contributed by atoms with E-state index in [9.17, 15) is 4.79 Å². The van der Waals surface area contributed by atoms with Gasteiger partial charge >= 0.3 is 0 Å². The number of ether oxygens (including phenoxy) is 5. The molecule has 77 heavy (non-hydrogen) atoms. The van der Waals surface area contributed by atoms with Crippen LogP contribution in [0.5, 0.6) is 17.2 Å². The van der Waals surface area contributed by atoms with Crippen LogP contribution in [0, 0.1) is 12.8 Å². The molecule has 0 spiro atoms. The monoisotopic (exact) mass is 1090 g/mol. The highest BCUT2D eigenvalue weighted by Gasteiger charge is 2.48. The van der Waals surface area contributed by atoms with Gasteiger partial charge in [0, 0.05) is 56.9 Å². The van der Waals surface area contributed by atoms with E-state index in [4.69, 9.17) is 23.7 Å². The van der Waals surface area contributed by atoms with E-state index < -0.39 is 11.0 Å².